The van der Waals surface area contributed by atoms with Crippen molar-refractivity contribution >= 4 is 15.6 Å². The molecular weight excluding hydrogens is 366 g/mol. The summed E-state index contributed by atoms with van der Waals surface area (Å²) >= 11 is 0. The number of carbonyl (C=O) groups excluding carboxylic acids is 1. The Labute approximate surface area is 159 Å². The first-order valence-corrected chi connectivity index (χ1v) is 10.1. The fraction of sp³-hybridized carbons (Fsp3) is 0.350. The Morgan fingerprint density at radius 1 is 1.04 bits per heavy atom. The van der Waals surface area contributed by atoms with Gasteiger partial charge in [0.05, 0.1) is 19.1 Å². The van der Waals surface area contributed by atoms with Gasteiger partial charge < -0.3 is 14.4 Å². The van der Waals surface area contributed by atoms with E-state index in [-0.39, 0.29) is 23.6 Å². The number of nitrogens with zero attached hydrogens (tertiary/aromatic N) is 1. The molecule has 0 saturated carbocycles. The van der Waals surface area contributed by atoms with Crippen molar-refractivity contribution in [1.82, 2.24) is 4.90 Å². The van der Waals surface area contributed by atoms with E-state index in [2.05, 4.69) is 0 Å². The quantitative estimate of drug-likeness (QED) is 0.707. The molecule has 144 valence electrons. The van der Waals surface area contributed by atoms with Gasteiger partial charge in [0.25, 0.3) is 0 Å². The molecule has 0 spiro atoms. The summed E-state index contributed by atoms with van der Waals surface area (Å²) in [4.78, 5) is 15.3. The van der Waals surface area contributed by atoms with Gasteiger partial charge in [-0.2, -0.15) is 0 Å². The average Bonchev–Trinajstić information content (AvgIpc) is 3.11. The van der Waals surface area contributed by atoms with Crippen LogP contribution in [0.4, 0.5) is 0 Å². The van der Waals surface area contributed by atoms with Gasteiger partial charge in [-0.15, -0.1) is 0 Å². The SMILES string of the molecule is COc1ccc(S(=O)(=O)C2(C(=O)c3ccccc3)CCN(C)C2)cc1OC. The third kappa shape index (κ3) is 3.21. The van der Waals surface area contributed by atoms with Gasteiger partial charge in [0.15, 0.2) is 31.9 Å². The molecule has 6 nitrogen and oxygen atoms in total. The summed E-state index contributed by atoms with van der Waals surface area (Å²) in [7, 11) is 0.790. The lowest BCUT2D eigenvalue weighted by Crippen LogP contribution is -2.48. The number of hydrogen-bond acceptors (Lipinski definition) is 6. The monoisotopic (exact) mass is 389 g/mol. The largest absolute Gasteiger partial charge is 0.493 e. The highest BCUT2D eigenvalue weighted by molar-refractivity contribution is 7.93. The number of likely N-dealkylation sites (tertiary alicyclic amines) is 1. The second kappa shape index (κ2) is 7.32. The van der Waals surface area contributed by atoms with E-state index in [4.69, 9.17) is 9.47 Å². The molecule has 1 saturated heterocycles. The molecule has 27 heavy (non-hydrogen) atoms. The predicted octanol–water partition coefficient (Wildman–Crippen LogP) is 2.43. The minimum atomic E-state index is -3.96. The van der Waals surface area contributed by atoms with Crippen LogP contribution in [0, 0.1) is 0 Å². The van der Waals surface area contributed by atoms with Gasteiger partial charge in [-0.25, -0.2) is 8.42 Å². The molecule has 1 aliphatic heterocycles. The molecule has 1 aliphatic rings. The molecule has 0 radical (unpaired) electrons. The molecule has 0 aromatic heterocycles. The van der Waals surface area contributed by atoms with Crippen LogP contribution in [0.2, 0.25) is 0 Å². The van der Waals surface area contributed by atoms with Crippen molar-refractivity contribution in [1.29, 1.82) is 0 Å². The topological polar surface area (TPSA) is 72.9 Å². The van der Waals surface area contributed by atoms with Gasteiger partial charge >= 0.3 is 0 Å². The number of carbonyl (C=O) groups is 1. The normalized spacial score (nSPS) is 20.4. The zero-order valence-electron chi connectivity index (χ0n) is 15.6. The van der Waals surface area contributed by atoms with E-state index >= 15 is 0 Å². The Morgan fingerprint density at radius 3 is 2.26 bits per heavy atom. The van der Waals surface area contributed by atoms with Crippen molar-refractivity contribution in [2.24, 2.45) is 0 Å². The number of methoxy groups -OCH3 is 2. The van der Waals surface area contributed by atoms with Crippen LogP contribution in [-0.4, -0.2) is 58.2 Å². The Kier molecular flexibility index (Phi) is 5.26. The van der Waals surface area contributed by atoms with E-state index in [0.29, 0.717) is 23.6 Å². The van der Waals surface area contributed by atoms with Crippen molar-refractivity contribution in [3.8, 4) is 11.5 Å². The van der Waals surface area contributed by atoms with Crippen molar-refractivity contribution in [3.63, 3.8) is 0 Å². The highest BCUT2D eigenvalue weighted by atomic mass is 32.2. The van der Waals surface area contributed by atoms with Gasteiger partial charge in [0.2, 0.25) is 0 Å². The maximum absolute atomic E-state index is 13.6. The van der Waals surface area contributed by atoms with Crippen LogP contribution in [-0.2, 0) is 9.84 Å². The number of ether oxygens (including phenoxy) is 2. The molecular formula is C20H23NO5S. The standard InChI is InChI=1S/C20H23NO5S/c1-21-12-11-20(14-21,19(22)15-7-5-4-6-8-15)27(23,24)16-9-10-17(25-2)18(13-16)26-3/h4-10,13H,11-12,14H2,1-3H3. The molecule has 3 rings (SSSR count). The first-order valence-electron chi connectivity index (χ1n) is 8.61. The number of hydrogen-bond donors (Lipinski definition) is 0. The van der Waals surface area contributed by atoms with Gasteiger partial charge in [-0.1, -0.05) is 30.3 Å². The van der Waals surface area contributed by atoms with E-state index in [1.54, 1.807) is 36.4 Å². The van der Waals surface area contributed by atoms with Crippen LogP contribution >= 0.6 is 0 Å². The summed E-state index contributed by atoms with van der Waals surface area (Å²) in [5, 5.41) is 0. The summed E-state index contributed by atoms with van der Waals surface area (Å²) in [6.45, 7) is 0.683. The van der Waals surface area contributed by atoms with Crippen LogP contribution in [0.5, 0.6) is 11.5 Å². The third-order valence-electron chi connectivity index (χ3n) is 5.05. The van der Waals surface area contributed by atoms with Crippen molar-refractivity contribution < 1.29 is 22.7 Å². The third-order valence-corrected chi connectivity index (χ3v) is 7.47. The van der Waals surface area contributed by atoms with E-state index in [1.807, 2.05) is 11.9 Å². The lowest BCUT2D eigenvalue weighted by molar-refractivity contribution is 0.0941. The molecule has 0 aliphatic carbocycles. The van der Waals surface area contributed by atoms with Gasteiger partial charge in [-0.3, -0.25) is 4.79 Å². The van der Waals surface area contributed by atoms with E-state index in [0.717, 1.165) is 0 Å². The van der Waals surface area contributed by atoms with Crippen molar-refractivity contribution in [2.45, 2.75) is 16.1 Å². The van der Waals surface area contributed by atoms with E-state index in [9.17, 15) is 13.2 Å². The number of Topliss-reactive ketones (excluding diaryl/α,β-unsaturated/α-hetero) is 1. The average molecular weight is 389 g/mol. The summed E-state index contributed by atoms with van der Waals surface area (Å²) in [6.07, 6.45) is 0.244. The molecule has 1 heterocycles. The maximum Gasteiger partial charge on any atom is 0.193 e. The minimum absolute atomic E-state index is 0.0553. The second-order valence-corrected chi connectivity index (χ2v) is 8.96. The molecule has 1 fully saturated rings. The zero-order chi connectivity index (χ0) is 19.7. The Bertz CT molecular complexity index is 942. The number of benzene rings is 2. The minimum Gasteiger partial charge on any atom is -0.493 e. The van der Waals surface area contributed by atoms with Crippen molar-refractivity contribution in [3.05, 3.63) is 54.1 Å². The highest BCUT2D eigenvalue weighted by Gasteiger charge is 2.54. The molecule has 2 aromatic rings. The fourth-order valence-corrected chi connectivity index (χ4v) is 5.63. The predicted molar refractivity (Wildman–Crippen MR) is 102 cm³/mol. The summed E-state index contributed by atoms with van der Waals surface area (Å²) in [5.41, 5.74) is 0.400. The summed E-state index contributed by atoms with van der Waals surface area (Å²) in [5.74, 6) is 0.373. The highest BCUT2D eigenvalue weighted by Crippen LogP contribution is 2.39. The van der Waals surface area contributed by atoms with Crippen LogP contribution in [0.15, 0.2) is 53.4 Å². The number of rotatable bonds is 6. The molecule has 1 unspecified atom stereocenters. The molecule has 0 bridgehead atoms. The number of ketones is 1. The Balaban J connectivity index is 2.14. The van der Waals surface area contributed by atoms with Crippen LogP contribution in [0.25, 0.3) is 0 Å². The smallest absolute Gasteiger partial charge is 0.193 e. The van der Waals surface area contributed by atoms with Crippen LogP contribution < -0.4 is 9.47 Å². The lowest BCUT2D eigenvalue weighted by atomic mass is 9.96. The molecule has 0 N–H and O–H groups in total. The van der Waals surface area contributed by atoms with E-state index < -0.39 is 14.6 Å². The maximum atomic E-state index is 13.6. The lowest BCUT2D eigenvalue weighted by Gasteiger charge is -2.28. The number of sulfone groups is 1. The van der Waals surface area contributed by atoms with Gasteiger partial charge in [0, 0.05) is 18.2 Å². The van der Waals surface area contributed by atoms with Gasteiger partial charge in [0.1, 0.15) is 0 Å². The molecule has 1 atom stereocenters. The molecule has 2 aromatic carbocycles. The molecule has 7 heteroatoms. The zero-order valence-corrected chi connectivity index (χ0v) is 16.5. The summed E-state index contributed by atoms with van der Waals surface area (Å²) in [6, 6.07) is 13.0. The second-order valence-electron chi connectivity index (χ2n) is 6.70. The van der Waals surface area contributed by atoms with E-state index in [1.165, 1.54) is 26.4 Å². The van der Waals surface area contributed by atoms with Gasteiger partial charge in [-0.05, 0) is 32.1 Å². The molecule has 0 amide bonds. The van der Waals surface area contributed by atoms with Crippen LogP contribution in [0.1, 0.15) is 16.8 Å². The summed E-state index contributed by atoms with van der Waals surface area (Å²) < 4.78 is 36.2. The first-order chi connectivity index (χ1) is 12.9. The Hall–Kier alpha value is -2.38. The van der Waals surface area contributed by atoms with Crippen molar-refractivity contribution in [2.75, 3.05) is 34.4 Å². The fourth-order valence-electron chi connectivity index (χ4n) is 3.55. The van der Waals surface area contributed by atoms with Crippen LogP contribution in [0.3, 0.4) is 0 Å². The Morgan fingerprint density at radius 2 is 1.70 bits per heavy atom. The first kappa shape index (κ1) is 19.4.